The van der Waals surface area contributed by atoms with Crippen LogP contribution in [-0.4, -0.2) is 33.8 Å². The molecule has 0 unspecified atom stereocenters. The van der Waals surface area contributed by atoms with Crippen molar-refractivity contribution in [2.45, 2.75) is 91.6 Å². The van der Waals surface area contributed by atoms with Crippen molar-refractivity contribution in [1.82, 2.24) is 25.4 Å². The Labute approximate surface area is 159 Å². The number of aromatic nitrogens is 3. The number of aryl methyl sites for hydroxylation is 1. The summed E-state index contributed by atoms with van der Waals surface area (Å²) in [4.78, 5) is 4.72. The number of guanidine groups is 1. The van der Waals surface area contributed by atoms with Crippen LogP contribution in [0.4, 0.5) is 0 Å². The van der Waals surface area contributed by atoms with E-state index in [1.807, 2.05) is 0 Å². The highest BCUT2D eigenvalue weighted by molar-refractivity contribution is 5.79. The summed E-state index contributed by atoms with van der Waals surface area (Å²) in [5, 5.41) is 15.5. The molecule has 26 heavy (non-hydrogen) atoms. The number of unbranched alkanes of at least 4 members (excludes halogenated alkanes) is 3. The van der Waals surface area contributed by atoms with E-state index in [1.54, 1.807) is 0 Å². The Bertz CT molecular complexity index is 534. The predicted octanol–water partition coefficient (Wildman–Crippen LogP) is 3.67. The molecule has 0 atom stereocenters. The van der Waals surface area contributed by atoms with Gasteiger partial charge in [0.1, 0.15) is 12.4 Å². The number of hydrogen-bond donors (Lipinski definition) is 2. The molecule has 2 N–H and O–H groups in total. The van der Waals surface area contributed by atoms with Gasteiger partial charge in [-0.25, -0.2) is 4.99 Å². The molecule has 0 fully saturated rings. The minimum Gasteiger partial charge on any atom is -0.357 e. The Morgan fingerprint density at radius 1 is 1.08 bits per heavy atom. The monoisotopic (exact) mass is 362 g/mol. The second kappa shape index (κ2) is 11.9. The zero-order valence-corrected chi connectivity index (χ0v) is 17.1. The largest absolute Gasteiger partial charge is 0.357 e. The van der Waals surface area contributed by atoms with E-state index in [4.69, 9.17) is 4.99 Å². The number of nitrogens with zero attached hydrogens (tertiary/aromatic N) is 4. The van der Waals surface area contributed by atoms with Crippen molar-refractivity contribution in [2.24, 2.45) is 10.9 Å². The molecule has 2 heterocycles. The van der Waals surface area contributed by atoms with Crippen LogP contribution in [0.25, 0.3) is 0 Å². The van der Waals surface area contributed by atoms with Crippen molar-refractivity contribution in [1.29, 1.82) is 0 Å². The zero-order chi connectivity index (χ0) is 18.6. The summed E-state index contributed by atoms with van der Waals surface area (Å²) >= 11 is 0. The van der Waals surface area contributed by atoms with Gasteiger partial charge in [-0.2, -0.15) is 0 Å². The number of rotatable bonds is 10. The number of nitrogens with one attached hydrogen (secondary N) is 2. The average molecular weight is 363 g/mol. The molecular weight excluding hydrogens is 324 g/mol. The maximum Gasteiger partial charge on any atom is 0.191 e. The van der Waals surface area contributed by atoms with Crippen molar-refractivity contribution in [3.63, 3.8) is 0 Å². The first kappa shape index (κ1) is 20.7. The molecule has 0 bridgehead atoms. The van der Waals surface area contributed by atoms with Crippen LogP contribution in [0, 0.1) is 5.92 Å². The molecule has 0 saturated heterocycles. The molecule has 1 aromatic heterocycles. The Kier molecular flexibility index (Phi) is 9.50. The highest BCUT2D eigenvalue weighted by Crippen LogP contribution is 2.14. The SMILES string of the molecule is CCNC(=NCc1nnc2n1CCCCC2)NCCCCCCC(C)C. The van der Waals surface area contributed by atoms with E-state index in [0.717, 1.165) is 49.6 Å². The quantitative estimate of drug-likeness (QED) is 0.379. The number of hydrogen-bond acceptors (Lipinski definition) is 3. The molecule has 6 nitrogen and oxygen atoms in total. The van der Waals surface area contributed by atoms with E-state index in [-0.39, 0.29) is 0 Å². The minimum atomic E-state index is 0.594. The molecule has 1 aromatic rings. The standard InChI is InChI=1S/C20H38N6/c1-4-21-20(22-14-10-6-5-8-12-17(2)3)23-16-19-25-24-18-13-9-7-11-15-26(18)19/h17H,4-16H2,1-3H3,(H2,21,22,23). The summed E-state index contributed by atoms with van der Waals surface area (Å²) in [6.45, 7) is 10.2. The Hall–Kier alpha value is -1.59. The first-order valence-corrected chi connectivity index (χ1v) is 10.6. The van der Waals surface area contributed by atoms with E-state index < -0.39 is 0 Å². The first-order chi connectivity index (χ1) is 12.7. The third-order valence-corrected chi connectivity index (χ3v) is 4.91. The van der Waals surface area contributed by atoms with Crippen LogP contribution < -0.4 is 10.6 Å². The van der Waals surface area contributed by atoms with Crippen LogP contribution in [0.1, 0.15) is 83.8 Å². The third kappa shape index (κ3) is 7.34. The van der Waals surface area contributed by atoms with E-state index in [1.165, 1.54) is 51.4 Å². The minimum absolute atomic E-state index is 0.594. The first-order valence-electron chi connectivity index (χ1n) is 10.6. The van der Waals surface area contributed by atoms with Crippen LogP contribution >= 0.6 is 0 Å². The Morgan fingerprint density at radius 2 is 1.92 bits per heavy atom. The summed E-state index contributed by atoms with van der Waals surface area (Å²) in [6, 6.07) is 0. The molecule has 0 aliphatic carbocycles. The number of aliphatic imine (C=N–C) groups is 1. The number of fused-ring (bicyclic) bond motifs is 1. The third-order valence-electron chi connectivity index (χ3n) is 4.91. The highest BCUT2D eigenvalue weighted by Gasteiger charge is 2.14. The van der Waals surface area contributed by atoms with Gasteiger partial charge in [-0.3, -0.25) is 0 Å². The van der Waals surface area contributed by atoms with Gasteiger partial charge in [0, 0.05) is 26.1 Å². The van der Waals surface area contributed by atoms with Gasteiger partial charge in [-0.15, -0.1) is 10.2 Å². The zero-order valence-electron chi connectivity index (χ0n) is 17.1. The molecule has 1 aliphatic heterocycles. The van der Waals surface area contributed by atoms with E-state index in [0.29, 0.717) is 6.54 Å². The van der Waals surface area contributed by atoms with Crippen molar-refractivity contribution >= 4 is 5.96 Å². The van der Waals surface area contributed by atoms with Crippen molar-refractivity contribution < 1.29 is 0 Å². The molecule has 0 amide bonds. The summed E-state index contributed by atoms with van der Waals surface area (Å²) in [6.07, 6.45) is 11.3. The Morgan fingerprint density at radius 3 is 2.73 bits per heavy atom. The maximum atomic E-state index is 4.72. The molecule has 0 aromatic carbocycles. The van der Waals surface area contributed by atoms with E-state index in [2.05, 4.69) is 46.2 Å². The molecule has 0 saturated carbocycles. The smallest absolute Gasteiger partial charge is 0.191 e. The molecule has 0 radical (unpaired) electrons. The van der Waals surface area contributed by atoms with Crippen LogP contribution in [0.5, 0.6) is 0 Å². The normalized spacial score (nSPS) is 15.0. The lowest BCUT2D eigenvalue weighted by Crippen LogP contribution is -2.37. The van der Waals surface area contributed by atoms with Crippen molar-refractivity contribution in [3.8, 4) is 0 Å². The summed E-state index contributed by atoms with van der Waals surface area (Å²) in [5.74, 6) is 3.84. The van der Waals surface area contributed by atoms with Crippen LogP contribution in [0.2, 0.25) is 0 Å². The lowest BCUT2D eigenvalue weighted by Gasteiger charge is -2.12. The van der Waals surface area contributed by atoms with Gasteiger partial charge < -0.3 is 15.2 Å². The fourth-order valence-corrected chi connectivity index (χ4v) is 3.39. The van der Waals surface area contributed by atoms with Crippen LogP contribution in [0.3, 0.4) is 0 Å². The Balaban J connectivity index is 1.75. The fourth-order valence-electron chi connectivity index (χ4n) is 3.39. The fraction of sp³-hybridized carbons (Fsp3) is 0.850. The molecule has 148 valence electrons. The topological polar surface area (TPSA) is 67.1 Å². The molecular formula is C20H38N6. The van der Waals surface area contributed by atoms with Crippen molar-refractivity contribution in [3.05, 3.63) is 11.6 Å². The highest BCUT2D eigenvalue weighted by atomic mass is 15.3. The van der Waals surface area contributed by atoms with Gasteiger partial charge in [0.2, 0.25) is 0 Å². The predicted molar refractivity (Wildman–Crippen MR) is 108 cm³/mol. The van der Waals surface area contributed by atoms with Crippen molar-refractivity contribution in [2.75, 3.05) is 13.1 Å². The van der Waals surface area contributed by atoms with Gasteiger partial charge >= 0.3 is 0 Å². The second-order valence-electron chi connectivity index (χ2n) is 7.71. The molecule has 1 aliphatic rings. The van der Waals surface area contributed by atoms with Crippen LogP contribution in [-0.2, 0) is 19.5 Å². The van der Waals surface area contributed by atoms with E-state index in [9.17, 15) is 0 Å². The van der Waals surface area contributed by atoms with Gasteiger partial charge in [0.15, 0.2) is 11.8 Å². The lowest BCUT2D eigenvalue weighted by molar-refractivity contribution is 0.518. The summed E-state index contributed by atoms with van der Waals surface area (Å²) < 4.78 is 2.27. The van der Waals surface area contributed by atoms with Crippen LogP contribution in [0.15, 0.2) is 4.99 Å². The van der Waals surface area contributed by atoms with Gasteiger partial charge in [-0.05, 0) is 32.1 Å². The molecule has 0 spiro atoms. The maximum absolute atomic E-state index is 4.72. The lowest BCUT2D eigenvalue weighted by atomic mass is 10.0. The van der Waals surface area contributed by atoms with Gasteiger partial charge in [-0.1, -0.05) is 46.0 Å². The molecule has 2 rings (SSSR count). The summed E-state index contributed by atoms with van der Waals surface area (Å²) in [5.41, 5.74) is 0. The molecule has 6 heteroatoms. The van der Waals surface area contributed by atoms with Gasteiger partial charge in [0.05, 0.1) is 0 Å². The second-order valence-corrected chi connectivity index (χ2v) is 7.71. The van der Waals surface area contributed by atoms with E-state index >= 15 is 0 Å². The van der Waals surface area contributed by atoms with Gasteiger partial charge in [0.25, 0.3) is 0 Å². The summed E-state index contributed by atoms with van der Waals surface area (Å²) in [7, 11) is 0. The average Bonchev–Trinajstić information content (AvgIpc) is 2.85.